The summed E-state index contributed by atoms with van der Waals surface area (Å²) in [4.78, 5) is 21.3. The molecule has 0 aliphatic carbocycles. The number of rotatable bonds is 5. The third-order valence-corrected chi connectivity index (χ3v) is 4.28. The summed E-state index contributed by atoms with van der Waals surface area (Å²) >= 11 is 0. The molecule has 3 rings (SSSR count). The zero-order chi connectivity index (χ0) is 19.4. The highest BCUT2D eigenvalue weighted by Gasteiger charge is 2.14. The van der Waals surface area contributed by atoms with Crippen molar-refractivity contribution >= 4 is 23.1 Å². The number of carbonyl (C=O) groups is 1. The predicted octanol–water partition coefficient (Wildman–Crippen LogP) is 5.21. The third kappa shape index (κ3) is 4.50. The highest BCUT2D eigenvalue weighted by atomic mass is 16.1. The summed E-state index contributed by atoms with van der Waals surface area (Å²) in [5.74, 6) is 1.26. The van der Waals surface area contributed by atoms with Crippen LogP contribution in [0.3, 0.4) is 0 Å². The highest BCUT2D eigenvalue weighted by Crippen LogP contribution is 2.29. The normalized spacial score (nSPS) is 10.7. The molecule has 0 saturated carbocycles. The molecule has 2 N–H and O–H groups in total. The standard InChI is InChI=1S/C22H24N4O/c1-14(2)18-12-8-9-15(3)21(18)26-20-13-19(23-16(4)24-20)22(27)25-17-10-6-5-7-11-17/h5-14H,1-4H3,(H,25,27)(H,23,24,26). The molecule has 0 radical (unpaired) electrons. The van der Waals surface area contributed by atoms with Gasteiger partial charge in [-0.25, -0.2) is 9.97 Å². The second-order valence-electron chi connectivity index (χ2n) is 6.82. The molecule has 2 aromatic carbocycles. The summed E-state index contributed by atoms with van der Waals surface area (Å²) in [5.41, 5.74) is 4.43. The van der Waals surface area contributed by atoms with Gasteiger partial charge in [0.1, 0.15) is 17.3 Å². The summed E-state index contributed by atoms with van der Waals surface area (Å²) in [5, 5.41) is 6.25. The molecule has 3 aromatic rings. The number of aromatic nitrogens is 2. The van der Waals surface area contributed by atoms with E-state index >= 15 is 0 Å². The first-order chi connectivity index (χ1) is 12.9. The number of hydrogen-bond donors (Lipinski definition) is 2. The summed E-state index contributed by atoms with van der Waals surface area (Å²) < 4.78 is 0. The Balaban J connectivity index is 1.89. The van der Waals surface area contributed by atoms with E-state index in [9.17, 15) is 4.79 Å². The molecule has 0 aliphatic rings. The summed E-state index contributed by atoms with van der Waals surface area (Å²) in [7, 11) is 0. The first-order valence-corrected chi connectivity index (χ1v) is 9.02. The lowest BCUT2D eigenvalue weighted by molar-refractivity contribution is 0.102. The Morgan fingerprint density at radius 1 is 0.963 bits per heavy atom. The van der Waals surface area contributed by atoms with Crippen LogP contribution < -0.4 is 10.6 Å². The van der Waals surface area contributed by atoms with Gasteiger partial charge in [-0.05, 0) is 43.0 Å². The number of hydrogen-bond acceptors (Lipinski definition) is 4. The van der Waals surface area contributed by atoms with Crippen LogP contribution in [0, 0.1) is 13.8 Å². The fourth-order valence-electron chi connectivity index (χ4n) is 2.94. The minimum atomic E-state index is -0.261. The predicted molar refractivity (Wildman–Crippen MR) is 110 cm³/mol. The quantitative estimate of drug-likeness (QED) is 0.655. The second-order valence-corrected chi connectivity index (χ2v) is 6.82. The van der Waals surface area contributed by atoms with E-state index < -0.39 is 0 Å². The van der Waals surface area contributed by atoms with E-state index in [1.54, 1.807) is 13.0 Å². The topological polar surface area (TPSA) is 66.9 Å². The van der Waals surface area contributed by atoms with Gasteiger partial charge in [-0.1, -0.05) is 50.2 Å². The van der Waals surface area contributed by atoms with E-state index in [0.717, 1.165) is 16.9 Å². The van der Waals surface area contributed by atoms with Gasteiger partial charge in [-0.2, -0.15) is 0 Å². The van der Waals surface area contributed by atoms with Crippen LogP contribution in [0.25, 0.3) is 0 Å². The van der Waals surface area contributed by atoms with Gasteiger partial charge in [-0.15, -0.1) is 0 Å². The van der Waals surface area contributed by atoms with E-state index in [-0.39, 0.29) is 5.91 Å². The summed E-state index contributed by atoms with van der Waals surface area (Å²) in [6, 6.07) is 17.2. The molecule has 5 nitrogen and oxygen atoms in total. The molecule has 0 saturated heterocycles. The summed E-state index contributed by atoms with van der Waals surface area (Å²) in [6.45, 7) is 8.16. The SMILES string of the molecule is Cc1nc(Nc2c(C)cccc2C(C)C)cc(C(=O)Nc2ccccc2)n1. The minimum absolute atomic E-state index is 0.261. The average molecular weight is 360 g/mol. The molecule has 1 aromatic heterocycles. The van der Waals surface area contributed by atoms with Crippen LogP contribution in [0.15, 0.2) is 54.6 Å². The maximum absolute atomic E-state index is 12.6. The monoisotopic (exact) mass is 360 g/mol. The van der Waals surface area contributed by atoms with Crippen molar-refractivity contribution in [3.05, 3.63) is 77.2 Å². The second kappa shape index (κ2) is 7.99. The van der Waals surface area contributed by atoms with Crippen LogP contribution in [0.2, 0.25) is 0 Å². The van der Waals surface area contributed by atoms with Crippen LogP contribution in [0.4, 0.5) is 17.2 Å². The molecular formula is C22H24N4O. The number of carbonyl (C=O) groups excluding carboxylic acids is 1. The number of para-hydroxylation sites is 2. The van der Waals surface area contributed by atoms with Gasteiger partial charge < -0.3 is 10.6 Å². The van der Waals surface area contributed by atoms with Crippen molar-refractivity contribution in [2.75, 3.05) is 10.6 Å². The van der Waals surface area contributed by atoms with Crippen molar-refractivity contribution in [2.24, 2.45) is 0 Å². The number of benzene rings is 2. The lowest BCUT2D eigenvalue weighted by Crippen LogP contribution is -2.15. The number of amides is 1. The van der Waals surface area contributed by atoms with Gasteiger partial charge in [0, 0.05) is 17.4 Å². The molecule has 0 fully saturated rings. The summed E-state index contributed by atoms with van der Waals surface area (Å²) in [6.07, 6.45) is 0. The van der Waals surface area contributed by atoms with E-state index in [1.165, 1.54) is 5.56 Å². The lowest BCUT2D eigenvalue weighted by atomic mass is 9.98. The number of nitrogens with zero attached hydrogens (tertiary/aromatic N) is 2. The molecule has 0 unspecified atom stereocenters. The van der Waals surface area contributed by atoms with Gasteiger partial charge in [0.05, 0.1) is 0 Å². The van der Waals surface area contributed by atoms with Gasteiger partial charge in [0.25, 0.3) is 5.91 Å². The molecule has 1 amide bonds. The molecule has 0 spiro atoms. The number of anilines is 3. The molecule has 5 heteroatoms. The largest absolute Gasteiger partial charge is 0.340 e. The molecule has 138 valence electrons. The van der Waals surface area contributed by atoms with Crippen LogP contribution >= 0.6 is 0 Å². The molecule has 0 aliphatic heterocycles. The van der Waals surface area contributed by atoms with Crippen molar-refractivity contribution in [3.8, 4) is 0 Å². The van der Waals surface area contributed by atoms with E-state index in [2.05, 4.69) is 59.6 Å². The lowest BCUT2D eigenvalue weighted by Gasteiger charge is -2.17. The Kier molecular flexibility index (Phi) is 5.50. The Bertz CT molecular complexity index is 952. The van der Waals surface area contributed by atoms with Crippen molar-refractivity contribution in [1.82, 2.24) is 9.97 Å². The average Bonchev–Trinajstić information content (AvgIpc) is 2.63. The Morgan fingerprint density at radius 3 is 2.41 bits per heavy atom. The Morgan fingerprint density at radius 2 is 1.70 bits per heavy atom. The molecule has 0 bridgehead atoms. The first-order valence-electron chi connectivity index (χ1n) is 9.02. The fourth-order valence-corrected chi connectivity index (χ4v) is 2.94. The number of aryl methyl sites for hydroxylation is 2. The van der Waals surface area contributed by atoms with Crippen LogP contribution in [-0.4, -0.2) is 15.9 Å². The molecule has 27 heavy (non-hydrogen) atoms. The van der Waals surface area contributed by atoms with E-state index in [1.807, 2.05) is 30.3 Å². The highest BCUT2D eigenvalue weighted by molar-refractivity contribution is 6.03. The number of nitrogens with one attached hydrogen (secondary N) is 2. The van der Waals surface area contributed by atoms with Crippen molar-refractivity contribution in [2.45, 2.75) is 33.6 Å². The van der Waals surface area contributed by atoms with Crippen LogP contribution in [-0.2, 0) is 0 Å². The zero-order valence-electron chi connectivity index (χ0n) is 16.1. The fraction of sp³-hybridized carbons (Fsp3) is 0.227. The van der Waals surface area contributed by atoms with Crippen LogP contribution in [0.1, 0.15) is 47.2 Å². The van der Waals surface area contributed by atoms with Gasteiger partial charge in [-0.3, -0.25) is 4.79 Å². The van der Waals surface area contributed by atoms with Crippen molar-refractivity contribution in [1.29, 1.82) is 0 Å². The molecular weight excluding hydrogens is 336 g/mol. The van der Waals surface area contributed by atoms with Gasteiger partial charge in [0.15, 0.2) is 0 Å². The maximum atomic E-state index is 12.6. The minimum Gasteiger partial charge on any atom is -0.340 e. The third-order valence-electron chi connectivity index (χ3n) is 4.28. The van der Waals surface area contributed by atoms with E-state index in [4.69, 9.17) is 0 Å². The first kappa shape index (κ1) is 18.6. The maximum Gasteiger partial charge on any atom is 0.274 e. The van der Waals surface area contributed by atoms with Gasteiger partial charge in [0.2, 0.25) is 0 Å². The zero-order valence-corrected chi connectivity index (χ0v) is 16.1. The molecule has 0 atom stereocenters. The Hall–Kier alpha value is -3.21. The molecule has 1 heterocycles. The Labute approximate surface area is 159 Å². The van der Waals surface area contributed by atoms with Crippen molar-refractivity contribution < 1.29 is 4.79 Å². The van der Waals surface area contributed by atoms with E-state index in [0.29, 0.717) is 23.3 Å². The van der Waals surface area contributed by atoms with Crippen molar-refractivity contribution in [3.63, 3.8) is 0 Å². The van der Waals surface area contributed by atoms with Crippen LogP contribution in [0.5, 0.6) is 0 Å². The smallest absolute Gasteiger partial charge is 0.274 e. The van der Waals surface area contributed by atoms with Gasteiger partial charge >= 0.3 is 0 Å².